The van der Waals surface area contributed by atoms with Gasteiger partial charge in [-0.25, -0.2) is 0 Å². The van der Waals surface area contributed by atoms with Gasteiger partial charge < -0.3 is 57.5 Å². The molecule has 0 heterocycles. The van der Waals surface area contributed by atoms with Crippen molar-refractivity contribution in [1.82, 2.24) is 0 Å². The molecular formula is C90H86N4O8. The zero-order valence-corrected chi connectivity index (χ0v) is 60.5. The molecule has 12 nitrogen and oxygen atoms in total. The standard InChI is InChI=1S/C90H86N4O8/c1-87(2,3)89(83-55-67(91(59-15-35-71(95-7)36-16-59)60-17-37-72(96-8)38-18-60)31-51-79(83)80-52-32-68(56-84(80)89)92(61-19-39-73(97-9)40-20-61)62-21-41-74(98-10)42-22-62)90(88(4,5)6)85-57-69(93(63-23-43-75(99-11)44-24-63)64-25-45-76(100-12)46-26-64)33-53-81(85)82-54-34-70(58-86(82)90)94(65-27-47-77(101-13)48-28-65)66-29-49-78(102-14)50-30-66/h15-58H,1-14H3. The molecule has 0 unspecified atom stereocenters. The van der Waals surface area contributed by atoms with Gasteiger partial charge in [0.25, 0.3) is 0 Å². The maximum Gasteiger partial charge on any atom is 0.119 e. The van der Waals surface area contributed by atoms with Crippen molar-refractivity contribution in [2.75, 3.05) is 76.5 Å². The number of hydrogen-bond donors (Lipinski definition) is 0. The van der Waals surface area contributed by atoms with Crippen LogP contribution >= 0.6 is 0 Å². The van der Waals surface area contributed by atoms with Gasteiger partial charge in [0.15, 0.2) is 0 Å². The monoisotopic (exact) mass is 1350 g/mol. The summed E-state index contributed by atoms with van der Waals surface area (Å²) >= 11 is 0. The Kier molecular flexibility index (Phi) is 17.9. The predicted octanol–water partition coefficient (Wildman–Crippen LogP) is 23.0. The van der Waals surface area contributed by atoms with E-state index in [9.17, 15) is 0 Å². The molecule has 12 heteroatoms. The summed E-state index contributed by atoms with van der Waals surface area (Å²) in [5, 5.41) is 0. The van der Waals surface area contributed by atoms with Crippen molar-refractivity contribution in [2.24, 2.45) is 10.8 Å². The van der Waals surface area contributed by atoms with Gasteiger partial charge in [-0.1, -0.05) is 65.8 Å². The van der Waals surface area contributed by atoms with Gasteiger partial charge in [0.2, 0.25) is 0 Å². The van der Waals surface area contributed by atoms with E-state index in [-0.39, 0.29) is 0 Å². The molecule has 12 aromatic rings. The number of methoxy groups -OCH3 is 8. The SMILES string of the molecule is COc1ccc(N(c2ccc(OC)cc2)c2ccc3c(c2)C(C(C)(C)C)(C2(C(C)(C)C)c4cc(N(c5ccc(OC)cc5)c5ccc(OC)cc5)ccc4-c4ccc(N(c5ccc(OC)cc5)c5ccc(OC)cc5)cc42)c2cc(N(c4ccc(OC)cc4)c4ccc(OC)cc4)ccc2-3)cc1. The third kappa shape index (κ3) is 11.4. The van der Waals surface area contributed by atoms with Crippen LogP contribution < -0.4 is 57.5 Å². The van der Waals surface area contributed by atoms with E-state index >= 15 is 0 Å². The van der Waals surface area contributed by atoms with Crippen LogP contribution in [0.1, 0.15) is 63.8 Å². The number of ether oxygens (including phenoxy) is 8. The number of fused-ring (bicyclic) bond motifs is 6. The lowest BCUT2D eigenvalue weighted by Gasteiger charge is -2.62. The quantitative estimate of drug-likeness (QED) is 0.0687. The summed E-state index contributed by atoms with van der Waals surface area (Å²) < 4.78 is 46.6. The fraction of sp³-hybridized carbons (Fsp3) is 0.200. The zero-order chi connectivity index (χ0) is 71.2. The second-order valence-corrected chi connectivity index (χ2v) is 27.8. The lowest BCUT2D eigenvalue weighted by Crippen LogP contribution is -2.62. The molecular weight excluding hydrogens is 1270 g/mol. The molecule has 0 bridgehead atoms. The van der Waals surface area contributed by atoms with Crippen molar-refractivity contribution >= 4 is 68.2 Å². The molecule has 12 aromatic carbocycles. The number of nitrogens with zero attached hydrogens (tertiary/aromatic N) is 4. The van der Waals surface area contributed by atoms with Gasteiger partial charge in [0.1, 0.15) is 46.0 Å². The first-order valence-corrected chi connectivity index (χ1v) is 34.4. The van der Waals surface area contributed by atoms with Crippen LogP contribution in [0, 0.1) is 10.8 Å². The number of rotatable bonds is 21. The summed E-state index contributed by atoms with van der Waals surface area (Å²) in [5.41, 5.74) is 17.5. The molecule has 0 saturated heterocycles. The van der Waals surface area contributed by atoms with Gasteiger partial charge in [-0.2, -0.15) is 0 Å². The van der Waals surface area contributed by atoms with Gasteiger partial charge in [-0.3, -0.25) is 0 Å². The number of anilines is 12. The summed E-state index contributed by atoms with van der Waals surface area (Å²) in [6, 6.07) is 95.5. The lowest BCUT2D eigenvalue weighted by molar-refractivity contribution is 0.0594. The van der Waals surface area contributed by atoms with Crippen LogP contribution in [0.15, 0.2) is 267 Å². The highest BCUT2D eigenvalue weighted by Gasteiger charge is 2.71. The maximum atomic E-state index is 5.82. The molecule has 0 atom stereocenters. The van der Waals surface area contributed by atoms with E-state index in [0.717, 1.165) is 136 Å². The summed E-state index contributed by atoms with van der Waals surface area (Å²) in [7, 11) is 13.7. The minimum Gasteiger partial charge on any atom is -0.497 e. The Hall–Kier alpha value is -11.8. The lowest BCUT2D eigenvalue weighted by atomic mass is 9.39. The van der Waals surface area contributed by atoms with Crippen molar-refractivity contribution < 1.29 is 37.9 Å². The number of benzene rings is 12. The van der Waals surface area contributed by atoms with Crippen LogP contribution in [-0.4, -0.2) is 56.9 Å². The van der Waals surface area contributed by atoms with Gasteiger partial charge in [-0.05, 0) is 298 Å². The molecule has 14 rings (SSSR count). The summed E-state index contributed by atoms with van der Waals surface area (Å²) in [6.45, 7) is 14.8. The first kappa shape index (κ1) is 67.4. The highest BCUT2D eigenvalue weighted by molar-refractivity contribution is 5.96. The van der Waals surface area contributed by atoms with Crippen LogP contribution in [0.4, 0.5) is 68.2 Å². The molecule has 0 radical (unpaired) electrons. The van der Waals surface area contributed by atoms with Crippen molar-refractivity contribution in [1.29, 1.82) is 0 Å². The molecule has 0 aliphatic heterocycles. The van der Waals surface area contributed by atoms with E-state index in [1.165, 1.54) is 22.3 Å². The Labute approximate surface area is 600 Å². The average Bonchev–Trinajstić information content (AvgIpc) is 1.45. The molecule has 0 amide bonds. The highest BCUT2D eigenvalue weighted by Crippen LogP contribution is 2.76. The van der Waals surface area contributed by atoms with Crippen molar-refractivity contribution in [3.05, 3.63) is 289 Å². The van der Waals surface area contributed by atoms with Crippen molar-refractivity contribution in [2.45, 2.75) is 52.4 Å². The Morgan fingerprint density at radius 1 is 0.186 bits per heavy atom. The molecule has 0 N–H and O–H groups in total. The molecule has 102 heavy (non-hydrogen) atoms. The zero-order valence-electron chi connectivity index (χ0n) is 60.5. The second kappa shape index (κ2) is 27.1. The van der Waals surface area contributed by atoms with E-state index < -0.39 is 21.7 Å². The van der Waals surface area contributed by atoms with Crippen LogP contribution in [0.5, 0.6) is 46.0 Å². The van der Waals surface area contributed by atoms with E-state index in [1.807, 2.05) is 97.1 Å². The molecule has 0 aromatic heterocycles. The van der Waals surface area contributed by atoms with E-state index in [1.54, 1.807) is 56.9 Å². The molecule has 0 saturated carbocycles. The van der Waals surface area contributed by atoms with Crippen LogP contribution in [0.3, 0.4) is 0 Å². The van der Waals surface area contributed by atoms with Crippen LogP contribution in [-0.2, 0) is 10.8 Å². The third-order valence-corrected chi connectivity index (χ3v) is 20.7. The topological polar surface area (TPSA) is 86.8 Å². The number of hydrogen-bond acceptors (Lipinski definition) is 12. The molecule has 2 aliphatic carbocycles. The van der Waals surface area contributed by atoms with Gasteiger partial charge in [0.05, 0.1) is 56.9 Å². The summed E-state index contributed by atoms with van der Waals surface area (Å²) in [5.74, 6) is 6.10. The molecule has 0 fully saturated rings. The average molecular weight is 1350 g/mol. The van der Waals surface area contributed by atoms with E-state index in [2.05, 4.69) is 231 Å². The van der Waals surface area contributed by atoms with Crippen LogP contribution in [0.2, 0.25) is 0 Å². The van der Waals surface area contributed by atoms with E-state index in [0.29, 0.717) is 0 Å². The molecule has 2 aliphatic rings. The fourth-order valence-electron chi connectivity index (χ4n) is 16.3. The van der Waals surface area contributed by atoms with E-state index in [4.69, 9.17) is 37.9 Å². The molecule has 514 valence electrons. The Balaban J connectivity index is 1.15. The third-order valence-electron chi connectivity index (χ3n) is 20.7. The largest absolute Gasteiger partial charge is 0.497 e. The van der Waals surface area contributed by atoms with Crippen molar-refractivity contribution in [3.63, 3.8) is 0 Å². The Morgan fingerprint density at radius 2 is 0.314 bits per heavy atom. The minimum atomic E-state index is -1.00. The van der Waals surface area contributed by atoms with Crippen molar-refractivity contribution in [3.8, 4) is 68.2 Å². The van der Waals surface area contributed by atoms with Gasteiger partial charge >= 0.3 is 0 Å². The summed E-state index contributed by atoms with van der Waals surface area (Å²) in [4.78, 5) is 9.43. The van der Waals surface area contributed by atoms with Gasteiger partial charge in [0, 0.05) is 79.1 Å². The minimum absolute atomic E-state index is 0.657. The van der Waals surface area contributed by atoms with Crippen LogP contribution in [0.25, 0.3) is 22.3 Å². The highest BCUT2D eigenvalue weighted by atomic mass is 16.5. The first-order chi connectivity index (χ1) is 49.4. The Bertz CT molecular complexity index is 4170. The normalized spacial score (nSPS) is 13.0. The van der Waals surface area contributed by atoms with Gasteiger partial charge in [-0.15, -0.1) is 0 Å². The maximum absolute atomic E-state index is 5.82. The summed E-state index contributed by atoms with van der Waals surface area (Å²) in [6.07, 6.45) is 0. The molecule has 0 spiro atoms. The predicted molar refractivity (Wildman–Crippen MR) is 415 cm³/mol. The Morgan fingerprint density at radius 3 is 0.431 bits per heavy atom. The second-order valence-electron chi connectivity index (χ2n) is 27.8. The fourth-order valence-corrected chi connectivity index (χ4v) is 16.3. The smallest absolute Gasteiger partial charge is 0.119 e. The first-order valence-electron chi connectivity index (χ1n) is 34.4.